The van der Waals surface area contributed by atoms with Crippen molar-refractivity contribution in [1.29, 1.82) is 0 Å². The van der Waals surface area contributed by atoms with Crippen LogP contribution in [0.3, 0.4) is 0 Å². The molecule has 82 valence electrons. The number of ether oxygens (including phenoxy) is 1. The predicted octanol–water partition coefficient (Wildman–Crippen LogP) is 1.60. The lowest BCUT2D eigenvalue weighted by Gasteiger charge is -2.06. The van der Waals surface area contributed by atoms with Gasteiger partial charge in [-0.15, -0.1) is 0 Å². The molecule has 5 heteroatoms. The molecule has 0 saturated carbocycles. The van der Waals surface area contributed by atoms with E-state index in [0.717, 1.165) is 6.42 Å². The molecular formula is C10H14N2O3. The summed E-state index contributed by atoms with van der Waals surface area (Å²) in [6.45, 7) is 4.77. The molecule has 0 bridgehead atoms. The summed E-state index contributed by atoms with van der Waals surface area (Å²) in [6.07, 6.45) is 3.44. The topological polar surface area (TPSA) is 72.3 Å². The number of carboxylic acid groups (broad SMARTS) is 1. The van der Waals surface area contributed by atoms with Crippen LogP contribution in [0.15, 0.2) is 12.4 Å². The minimum atomic E-state index is -1.09. The monoisotopic (exact) mass is 210 g/mol. The molecule has 1 aromatic rings. The van der Waals surface area contributed by atoms with Gasteiger partial charge in [-0.2, -0.15) is 0 Å². The first-order chi connectivity index (χ1) is 7.09. The maximum absolute atomic E-state index is 10.5. The molecule has 0 saturated heterocycles. The summed E-state index contributed by atoms with van der Waals surface area (Å²) in [6, 6.07) is 0. The van der Waals surface area contributed by atoms with Gasteiger partial charge >= 0.3 is 5.97 Å². The van der Waals surface area contributed by atoms with E-state index in [4.69, 9.17) is 9.84 Å². The summed E-state index contributed by atoms with van der Waals surface area (Å²) in [4.78, 5) is 18.0. The highest BCUT2D eigenvalue weighted by atomic mass is 16.5. The maximum Gasteiger partial charge on any atom is 0.356 e. The Balaban J connectivity index is 2.46. The highest BCUT2D eigenvalue weighted by molar-refractivity contribution is 5.84. The Morgan fingerprint density at radius 1 is 1.47 bits per heavy atom. The number of carbonyl (C=O) groups is 1. The van der Waals surface area contributed by atoms with Crippen molar-refractivity contribution < 1.29 is 14.6 Å². The lowest BCUT2D eigenvalue weighted by atomic mass is 10.1. The third-order valence-electron chi connectivity index (χ3n) is 1.79. The van der Waals surface area contributed by atoms with E-state index in [1.165, 1.54) is 12.4 Å². The van der Waals surface area contributed by atoms with Gasteiger partial charge in [0.1, 0.15) is 0 Å². The smallest absolute Gasteiger partial charge is 0.356 e. The van der Waals surface area contributed by atoms with E-state index in [1.807, 2.05) is 0 Å². The van der Waals surface area contributed by atoms with Crippen molar-refractivity contribution in [3.63, 3.8) is 0 Å². The number of hydrogen-bond acceptors (Lipinski definition) is 4. The fraction of sp³-hybridized carbons (Fsp3) is 0.500. The van der Waals surface area contributed by atoms with Gasteiger partial charge in [-0.3, -0.25) is 0 Å². The van der Waals surface area contributed by atoms with Crippen LogP contribution in [0, 0.1) is 5.92 Å². The van der Waals surface area contributed by atoms with E-state index in [1.54, 1.807) is 0 Å². The van der Waals surface area contributed by atoms with Crippen molar-refractivity contribution in [2.75, 3.05) is 6.61 Å². The molecule has 1 heterocycles. The van der Waals surface area contributed by atoms with E-state index in [-0.39, 0.29) is 5.69 Å². The summed E-state index contributed by atoms with van der Waals surface area (Å²) in [5.74, 6) is -0.159. The van der Waals surface area contributed by atoms with Gasteiger partial charge in [0.15, 0.2) is 5.69 Å². The van der Waals surface area contributed by atoms with Crippen molar-refractivity contribution in [3.8, 4) is 5.88 Å². The Morgan fingerprint density at radius 2 is 2.20 bits per heavy atom. The number of aromatic carboxylic acids is 1. The SMILES string of the molecule is CC(C)CCOc1cnc(C(=O)O)cn1. The van der Waals surface area contributed by atoms with E-state index in [9.17, 15) is 4.79 Å². The number of rotatable bonds is 5. The Hall–Kier alpha value is -1.65. The van der Waals surface area contributed by atoms with Crippen molar-refractivity contribution >= 4 is 5.97 Å². The summed E-state index contributed by atoms with van der Waals surface area (Å²) >= 11 is 0. The van der Waals surface area contributed by atoms with Crippen molar-refractivity contribution in [2.45, 2.75) is 20.3 Å². The number of nitrogens with zero attached hydrogens (tertiary/aromatic N) is 2. The van der Waals surface area contributed by atoms with Gasteiger partial charge in [0, 0.05) is 0 Å². The van der Waals surface area contributed by atoms with E-state index < -0.39 is 5.97 Å². The zero-order valence-corrected chi connectivity index (χ0v) is 8.80. The number of aromatic nitrogens is 2. The van der Waals surface area contributed by atoms with Crippen LogP contribution < -0.4 is 4.74 Å². The molecule has 0 aliphatic carbocycles. The highest BCUT2D eigenvalue weighted by Crippen LogP contribution is 2.06. The number of hydrogen-bond donors (Lipinski definition) is 1. The summed E-state index contributed by atoms with van der Waals surface area (Å²) in [7, 11) is 0. The lowest BCUT2D eigenvalue weighted by Crippen LogP contribution is -2.05. The molecule has 1 aromatic heterocycles. The van der Waals surface area contributed by atoms with Crippen molar-refractivity contribution in [2.24, 2.45) is 5.92 Å². The maximum atomic E-state index is 10.5. The normalized spacial score (nSPS) is 10.3. The lowest BCUT2D eigenvalue weighted by molar-refractivity contribution is 0.0690. The van der Waals surface area contributed by atoms with Gasteiger partial charge in [-0.1, -0.05) is 13.8 Å². The quantitative estimate of drug-likeness (QED) is 0.799. The van der Waals surface area contributed by atoms with Gasteiger partial charge in [0.05, 0.1) is 19.0 Å². The summed E-state index contributed by atoms with van der Waals surface area (Å²) in [5, 5.41) is 8.58. The molecule has 0 radical (unpaired) electrons. The fourth-order valence-corrected chi connectivity index (χ4v) is 0.900. The molecule has 0 unspecified atom stereocenters. The molecule has 0 atom stereocenters. The fourth-order valence-electron chi connectivity index (χ4n) is 0.900. The van der Waals surface area contributed by atoms with Crippen LogP contribution in [-0.2, 0) is 0 Å². The van der Waals surface area contributed by atoms with Gasteiger partial charge < -0.3 is 9.84 Å². The Kier molecular flexibility index (Phi) is 4.03. The van der Waals surface area contributed by atoms with Crippen molar-refractivity contribution in [3.05, 3.63) is 18.1 Å². The average Bonchev–Trinajstić information content (AvgIpc) is 2.18. The van der Waals surface area contributed by atoms with Gasteiger partial charge in [-0.05, 0) is 12.3 Å². The van der Waals surface area contributed by atoms with Gasteiger partial charge in [-0.25, -0.2) is 14.8 Å². The minimum Gasteiger partial charge on any atom is -0.477 e. The van der Waals surface area contributed by atoms with Gasteiger partial charge in [0.2, 0.25) is 5.88 Å². The molecule has 0 aliphatic heterocycles. The predicted molar refractivity (Wildman–Crippen MR) is 53.9 cm³/mol. The highest BCUT2D eigenvalue weighted by Gasteiger charge is 2.05. The number of carboxylic acids is 1. The molecule has 15 heavy (non-hydrogen) atoms. The largest absolute Gasteiger partial charge is 0.477 e. The first-order valence-corrected chi connectivity index (χ1v) is 4.77. The van der Waals surface area contributed by atoms with Crippen LogP contribution in [0.2, 0.25) is 0 Å². The Labute approximate surface area is 88.1 Å². The Bertz CT molecular complexity index is 322. The van der Waals surface area contributed by atoms with Crippen LogP contribution in [0.1, 0.15) is 30.8 Å². The minimum absolute atomic E-state index is 0.0776. The second-order valence-corrected chi connectivity index (χ2v) is 3.58. The standard InChI is InChI=1S/C10H14N2O3/c1-7(2)3-4-15-9-6-11-8(5-12-9)10(13)14/h5-7H,3-4H2,1-2H3,(H,13,14). The zero-order valence-electron chi connectivity index (χ0n) is 8.80. The third kappa shape index (κ3) is 3.93. The van der Waals surface area contributed by atoms with Crippen LogP contribution >= 0.6 is 0 Å². The van der Waals surface area contributed by atoms with E-state index in [0.29, 0.717) is 18.4 Å². The summed E-state index contributed by atoms with van der Waals surface area (Å²) in [5.41, 5.74) is -0.0776. The second kappa shape index (κ2) is 5.29. The molecule has 0 spiro atoms. The molecule has 0 amide bonds. The summed E-state index contributed by atoms with van der Waals surface area (Å²) < 4.78 is 5.29. The first kappa shape index (κ1) is 11.4. The molecule has 0 aromatic carbocycles. The first-order valence-electron chi connectivity index (χ1n) is 4.77. The van der Waals surface area contributed by atoms with Gasteiger partial charge in [0.25, 0.3) is 0 Å². The van der Waals surface area contributed by atoms with Crippen LogP contribution in [0.5, 0.6) is 5.88 Å². The molecule has 5 nitrogen and oxygen atoms in total. The zero-order chi connectivity index (χ0) is 11.3. The third-order valence-corrected chi connectivity index (χ3v) is 1.79. The van der Waals surface area contributed by atoms with Crippen molar-refractivity contribution in [1.82, 2.24) is 9.97 Å². The molecular weight excluding hydrogens is 196 g/mol. The molecule has 0 aliphatic rings. The van der Waals surface area contributed by atoms with E-state index >= 15 is 0 Å². The molecule has 1 N–H and O–H groups in total. The van der Waals surface area contributed by atoms with Crippen LogP contribution in [-0.4, -0.2) is 27.7 Å². The Morgan fingerprint density at radius 3 is 2.67 bits per heavy atom. The molecule has 1 rings (SSSR count). The molecule has 0 fully saturated rings. The van der Waals surface area contributed by atoms with Crippen LogP contribution in [0.25, 0.3) is 0 Å². The van der Waals surface area contributed by atoms with Crippen LogP contribution in [0.4, 0.5) is 0 Å². The van der Waals surface area contributed by atoms with E-state index in [2.05, 4.69) is 23.8 Å². The second-order valence-electron chi connectivity index (χ2n) is 3.58. The average molecular weight is 210 g/mol.